The van der Waals surface area contributed by atoms with Gasteiger partial charge < -0.3 is 15.0 Å². The third-order valence-electron chi connectivity index (χ3n) is 4.19. The molecule has 1 aliphatic rings. The molecule has 1 saturated carbocycles. The molecule has 3 nitrogen and oxygen atoms in total. The Morgan fingerprint density at radius 2 is 2.05 bits per heavy atom. The van der Waals surface area contributed by atoms with Gasteiger partial charge in [-0.2, -0.15) is 0 Å². The van der Waals surface area contributed by atoms with Crippen molar-refractivity contribution in [2.75, 3.05) is 40.4 Å². The van der Waals surface area contributed by atoms with E-state index >= 15 is 0 Å². The van der Waals surface area contributed by atoms with Gasteiger partial charge in [-0.1, -0.05) is 26.7 Å². The van der Waals surface area contributed by atoms with Crippen molar-refractivity contribution < 1.29 is 4.74 Å². The predicted molar refractivity (Wildman–Crippen MR) is 82.6 cm³/mol. The van der Waals surface area contributed by atoms with Crippen LogP contribution in [0.2, 0.25) is 0 Å². The van der Waals surface area contributed by atoms with E-state index in [1.807, 2.05) is 0 Å². The molecule has 1 rings (SSSR count). The van der Waals surface area contributed by atoms with Crippen molar-refractivity contribution >= 4 is 0 Å². The van der Waals surface area contributed by atoms with Crippen LogP contribution in [0.3, 0.4) is 0 Å². The second kappa shape index (κ2) is 9.73. The van der Waals surface area contributed by atoms with Crippen LogP contribution in [0, 0.1) is 11.8 Å². The summed E-state index contributed by atoms with van der Waals surface area (Å²) < 4.78 is 5.10. The lowest BCUT2D eigenvalue weighted by Crippen LogP contribution is -2.39. The molecule has 114 valence electrons. The molecule has 0 bridgehead atoms. The fourth-order valence-electron chi connectivity index (χ4n) is 3.18. The van der Waals surface area contributed by atoms with Gasteiger partial charge in [0.2, 0.25) is 0 Å². The molecule has 0 amide bonds. The summed E-state index contributed by atoms with van der Waals surface area (Å²) in [5.41, 5.74) is 0. The van der Waals surface area contributed by atoms with Crippen molar-refractivity contribution in [1.29, 1.82) is 0 Å². The molecule has 2 atom stereocenters. The van der Waals surface area contributed by atoms with E-state index in [-0.39, 0.29) is 0 Å². The third-order valence-corrected chi connectivity index (χ3v) is 4.19. The standard InChI is InChI=1S/C16H34N2O/c1-14(2)12-15-6-5-7-16(13-15)17-8-9-18(3)10-11-19-4/h14-17H,5-13H2,1-4H3. The average Bonchev–Trinajstić information content (AvgIpc) is 2.36. The lowest BCUT2D eigenvalue weighted by Gasteiger charge is -2.31. The topological polar surface area (TPSA) is 24.5 Å². The molecule has 1 N–H and O–H groups in total. The first-order chi connectivity index (χ1) is 9.11. The van der Waals surface area contributed by atoms with Gasteiger partial charge in [0.25, 0.3) is 0 Å². The van der Waals surface area contributed by atoms with Gasteiger partial charge in [0, 0.05) is 32.8 Å². The average molecular weight is 270 g/mol. The zero-order valence-electron chi connectivity index (χ0n) is 13.5. The highest BCUT2D eigenvalue weighted by molar-refractivity contribution is 4.78. The van der Waals surface area contributed by atoms with E-state index in [1.54, 1.807) is 7.11 Å². The molecular formula is C16H34N2O. The van der Waals surface area contributed by atoms with Crippen molar-refractivity contribution in [3.8, 4) is 0 Å². The van der Waals surface area contributed by atoms with Crippen molar-refractivity contribution in [2.45, 2.75) is 52.0 Å². The number of ether oxygens (including phenoxy) is 1. The first kappa shape index (κ1) is 16.9. The Morgan fingerprint density at radius 3 is 2.74 bits per heavy atom. The SMILES string of the molecule is COCCN(C)CCNC1CCCC(CC(C)C)C1. The van der Waals surface area contributed by atoms with Crippen molar-refractivity contribution in [2.24, 2.45) is 11.8 Å². The van der Waals surface area contributed by atoms with Crippen LogP contribution < -0.4 is 5.32 Å². The molecule has 0 radical (unpaired) electrons. The van der Waals surface area contributed by atoms with E-state index in [4.69, 9.17) is 4.74 Å². The number of nitrogens with zero attached hydrogens (tertiary/aromatic N) is 1. The Balaban J connectivity index is 2.11. The predicted octanol–water partition coefficient (Wildman–Crippen LogP) is 2.76. The van der Waals surface area contributed by atoms with Gasteiger partial charge in [-0.25, -0.2) is 0 Å². The van der Waals surface area contributed by atoms with Gasteiger partial charge >= 0.3 is 0 Å². The summed E-state index contributed by atoms with van der Waals surface area (Å²) in [6.07, 6.45) is 7.03. The normalized spacial score (nSPS) is 24.3. The highest BCUT2D eigenvalue weighted by Crippen LogP contribution is 2.29. The summed E-state index contributed by atoms with van der Waals surface area (Å²) in [4.78, 5) is 2.34. The smallest absolute Gasteiger partial charge is 0.0589 e. The van der Waals surface area contributed by atoms with Gasteiger partial charge in [-0.3, -0.25) is 0 Å². The maximum absolute atomic E-state index is 5.10. The van der Waals surface area contributed by atoms with Gasteiger partial charge in [0.1, 0.15) is 0 Å². The van der Waals surface area contributed by atoms with Crippen LogP contribution in [-0.4, -0.2) is 51.3 Å². The minimum Gasteiger partial charge on any atom is -0.383 e. The number of methoxy groups -OCH3 is 1. The minimum absolute atomic E-state index is 0.758. The molecule has 2 unspecified atom stereocenters. The molecule has 0 aromatic carbocycles. The molecule has 0 aromatic rings. The summed E-state index contributed by atoms with van der Waals surface area (Å²) in [7, 11) is 3.94. The molecule has 0 spiro atoms. The molecule has 1 fully saturated rings. The Bertz CT molecular complexity index is 221. The fourth-order valence-corrected chi connectivity index (χ4v) is 3.18. The molecule has 3 heteroatoms. The summed E-state index contributed by atoms with van der Waals surface area (Å²) in [5, 5.41) is 3.75. The fraction of sp³-hybridized carbons (Fsp3) is 1.00. The van der Waals surface area contributed by atoms with Gasteiger partial charge in [-0.15, -0.1) is 0 Å². The van der Waals surface area contributed by atoms with E-state index in [9.17, 15) is 0 Å². The van der Waals surface area contributed by atoms with Crippen LogP contribution >= 0.6 is 0 Å². The van der Waals surface area contributed by atoms with Gasteiger partial charge in [-0.05, 0) is 38.1 Å². The maximum atomic E-state index is 5.10. The van der Waals surface area contributed by atoms with Crippen LogP contribution in [0.1, 0.15) is 46.0 Å². The molecule has 0 heterocycles. The van der Waals surface area contributed by atoms with Gasteiger partial charge in [0.05, 0.1) is 6.61 Å². The monoisotopic (exact) mass is 270 g/mol. The molecular weight excluding hydrogens is 236 g/mol. The summed E-state index contributed by atoms with van der Waals surface area (Å²) in [5.74, 6) is 1.81. The molecule has 1 aliphatic carbocycles. The van der Waals surface area contributed by atoms with Crippen LogP contribution in [0.5, 0.6) is 0 Å². The van der Waals surface area contributed by atoms with Gasteiger partial charge in [0.15, 0.2) is 0 Å². The first-order valence-electron chi connectivity index (χ1n) is 8.02. The summed E-state index contributed by atoms with van der Waals surface area (Å²) in [6.45, 7) is 8.78. The Morgan fingerprint density at radius 1 is 1.26 bits per heavy atom. The van der Waals surface area contributed by atoms with Crippen molar-refractivity contribution in [3.63, 3.8) is 0 Å². The Kier molecular flexibility index (Phi) is 8.67. The second-order valence-electron chi connectivity index (χ2n) is 6.61. The van der Waals surface area contributed by atoms with E-state index in [2.05, 4.69) is 31.1 Å². The Hall–Kier alpha value is -0.120. The quantitative estimate of drug-likeness (QED) is 0.697. The van der Waals surface area contributed by atoms with E-state index in [0.717, 1.165) is 44.1 Å². The number of nitrogens with one attached hydrogen (secondary N) is 1. The lowest BCUT2D eigenvalue weighted by atomic mass is 9.81. The number of likely N-dealkylation sites (N-methyl/N-ethyl adjacent to an activating group) is 1. The highest BCUT2D eigenvalue weighted by atomic mass is 16.5. The zero-order valence-corrected chi connectivity index (χ0v) is 13.5. The second-order valence-corrected chi connectivity index (χ2v) is 6.61. The lowest BCUT2D eigenvalue weighted by molar-refractivity contribution is 0.159. The van der Waals surface area contributed by atoms with Crippen LogP contribution in [0.15, 0.2) is 0 Å². The molecule has 0 aromatic heterocycles. The van der Waals surface area contributed by atoms with Crippen molar-refractivity contribution in [1.82, 2.24) is 10.2 Å². The number of rotatable bonds is 9. The largest absolute Gasteiger partial charge is 0.383 e. The highest BCUT2D eigenvalue weighted by Gasteiger charge is 2.21. The van der Waals surface area contributed by atoms with E-state index < -0.39 is 0 Å². The van der Waals surface area contributed by atoms with E-state index in [0.29, 0.717) is 0 Å². The number of hydrogen-bond acceptors (Lipinski definition) is 3. The molecule has 0 saturated heterocycles. The summed E-state index contributed by atoms with van der Waals surface area (Å²) in [6, 6.07) is 0.758. The van der Waals surface area contributed by atoms with Crippen LogP contribution in [0.25, 0.3) is 0 Å². The van der Waals surface area contributed by atoms with Crippen LogP contribution in [0.4, 0.5) is 0 Å². The minimum atomic E-state index is 0.758. The zero-order chi connectivity index (χ0) is 14.1. The van der Waals surface area contributed by atoms with Crippen LogP contribution in [-0.2, 0) is 4.74 Å². The molecule has 0 aliphatic heterocycles. The number of hydrogen-bond donors (Lipinski definition) is 1. The van der Waals surface area contributed by atoms with E-state index in [1.165, 1.54) is 32.1 Å². The molecule has 19 heavy (non-hydrogen) atoms. The first-order valence-corrected chi connectivity index (χ1v) is 8.02. The Labute approximate surface area is 120 Å². The summed E-state index contributed by atoms with van der Waals surface area (Å²) >= 11 is 0. The third kappa shape index (κ3) is 7.91. The van der Waals surface area contributed by atoms with Crippen molar-refractivity contribution in [3.05, 3.63) is 0 Å². The maximum Gasteiger partial charge on any atom is 0.0589 e.